The third-order valence-corrected chi connectivity index (χ3v) is 9.62. The van der Waals surface area contributed by atoms with Gasteiger partial charge in [-0.1, -0.05) is 0 Å². The summed E-state index contributed by atoms with van der Waals surface area (Å²) < 4.78 is 1.28. The summed E-state index contributed by atoms with van der Waals surface area (Å²) in [6.07, 6.45) is 0. The molecular formula is C17H16O2Sn. The number of rotatable bonds is 1. The van der Waals surface area contributed by atoms with Gasteiger partial charge < -0.3 is 0 Å². The van der Waals surface area contributed by atoms with Gasteiger partial charge >= 0.3 is 123 Å². The number of hydrogen-bond acceptors (Lipinski definition) is 2. The quantitative estimate of drug-likeness (QED) is 0.617. The van der Waals surface area contributed by atoms with E-state index < -0.39 is 18.4 Å². The molecule has 3 heteroatoms. The summed E-state index contributed by atoms with van der Waals surface area (Å²) in [7, 11) is 0. The Bertz CT molecular complexity index is 739. The predicted octanol–water partition coefficient (Wildman–Crippen LogP) is 3.01. The molecule has 0 amide bonds. The van der Waals surface area contributed by atoms with Gasteiger partial charge in [-0.2, -0.15) is 0 Å². The number of hydrogen-bond donors (Lipinski definition) is 0. The average molecular weight is 371 g/mol. The van der Waals surface area contributed by atoms with Gasteiger partial charge in [-0.15, -0.1) is 0 Å². The van der Waals surface area contributed by atoms with Crippen molar-refractivity contribution in [1.29, 1.82) is 0 Å². The van der Waals surface area contributed by atoms with Crippen LogP contribution in [0.15, 0.2) is 42.5 Å². The van der Waals surface area contributed by atoms with E-state index in [2.05, 4.69) is 14.8 Å². The van der Waals surface area contributed by atoms with Crippen LogP contribution in [-0.4, -0.2) is 29.9 Å². The van der Waals surface area contributed by atoms with Gasteiger partial charge in [0.1, 0.15) is 0 Å². The molecule has 0 aromatic heterocycles. The Balaban J connectivity index is 2.24. The Hall–Kier alpha value is -1.42. The molecule has 0 saturated heterocycles. The first kappa shape index (κ1) is 13.6. The molecule has 0 saturated carbocycles. The normalized spacial score (nSPS) is 13.9. The third kappa shape index (κ3) is 2.02. The molecule has 2 aromatic rings. The van der Waals surface area contributed by atoms with E-state index in [-0.39, 0.29) is 11.6 Å². The van der Waals surface area contributed by atoms with Crippen LogP contribution in [0.2, 0.25) is 14.8 Å². The predicted molar refractivity (Wildman–Crippen MR) is 82.7 cm³/mol. The van der Waals surface area contributed by atoms with Gasteiger partial charge in [0.25, 0.3) is 0 Å². The summed E-state index contributed by atoms with van der Waals surface area (Å²) in [5.74, 6) is -0.0570. The van der Waals surface area contributed by atoms with Crippen molar-refractivity contribution < 1.29 is 9.59 Å². The molecule has 0 atom stereocenters. The Morgan fingerprint density at radius 2 is 1.20 bits per heavy atom. The fraction of sp³-hybridized carbons (Fsp3) is 0.176. The molecule has 0 heterocycles. The summed E-state index contributed by atoms with van der Waals surface area (Å²) in [6.45, 7) is 0. The van der Waals surface area contributed by atoms with Crippen LogP contribution in [0.5, 0.6) is 0 Å². The number of carbonyl (C=O) groups excluding carboxylic acids is 2. The van der Waals surface area contributed by atoms with E-state index in [1.54, 1.807) is 18.2 Å². The molecule has 20 heavy (non-hydrogen) atoms. The first-order valence-corrected chi connectivity index (χ1v) is 16.7. The maximum absolute atomic E-state index is 12.6. The second-order valence-corrected chi connectivity index (χ2v) is 20.7. The van der Waals surface area contributed by atoms with Crippen molar-refractivity contribution in [3.8, 4) is 0 Å². The van der Waals surface area contributed by atoms with E-state index in [0.29, 0.717) is 22.3 Å². The number of ketones is 2. The van der Waals surface area contributed by atoms with E-state index in [9.17, 15) is 9.59 Å². The number of carbonyl (C=O) groups is 2. The van der Waals surface area contributed by atoms with Gasteiger partial charge in [-0.05, 0) is 0 Å². The molecule has 0 bridgehead atoms. The van der Waals surface area contributed by atoms with Crippen molar-refractivity contribution in [2.45, 2.75) is 14.8 Å². The van der Waals surface area contributed by atoms with Crippen molar-refractivity contribution in [3.63, 3.8) is 0 Å². The summed E-state index contributed by atoms with van der Waals surface area (Å²) in [5.41, 5.74) is 2.19. The average Bonchev–Trinajstić information content (AvgIpc) is 2.43. The van der Waals surface area contributed by atoms with Crippen LogP contribution in [-0.2, 0) is 0 Å². The Labute approximate surface area is 122 Å². The van der Waals surface area contributed by atoms with Gasteiger partial charge in [-0.25, -0.2) is 0 Å². The van der Waals surface area contributed by atoms with Crippen LogP contribution in [0.3, 0.4) is 0 Å². The van der Waals surface area contributed by atoms with Gasteiger partial charge in [0, 0.05) is 0 Å². The monoisotopic (exact) mass is 372 g/mol. The van der Waals surface area contributed by atoms with Crippen molar-refractivity contribution in [3.05, 3.63) is 64.7 Å². The van der Waals surface area contributed by atoms with E-state index in [0.717, 1.165) is 0 Å². The molecular weight excluding hydrogens is 355 g/mol. The summed E-state index contributed by atoms with van der Waals surface area (Å²) in [4.78, 5) is 32.0. The standard InChI is InChI=1S/C14H7O2.3CH3.Sn/c15-13-9-5-1-2-6-10(9)14(16)12-8-4-3-7-11(12)13;;;;/h1-3,5-8H;3*1H3;. The fourth-order valence-corrected chi connectivity index (χ4v) is 5.88. The zero-order valence-corrected chi connectivity index (χ0v) is 14.7. The molecule has 2 nitrogen and oxygen atoms in total. The molecule has 0 spiro atoms. The Morgan fingerprint density at radius 3 is 1.75 bits per heavy atom. The SMILES string of the molecule is [CH3][Sn]([CH3])([CH3])[c]1ccc2c(c1)C(=O)c1ccccc1C2=O. The van der Waals surface area contributed by atoms with Crippen LogP contribution < -0.4 is 3.58 Å². The van der Waals surface area contributed by atoms with Gasteiger partial charge in [0.2, 0.25) is 0 Å². The van der Waals surface area contributed by atoms with Crippen LogP contribution >= 0.6 is 0 Å². The third-order valence-electron chi connectivity index (χ3n) is 3.79. The zero-order valence-electron chi connectivity index (χ0n) is 11.9. The molecule has 100 valence electrons. The van der Waals surface area contributed by atoms with Crippen LogP contribution in [0, 0.1) is 0 Å². The molecule has 2 aromatic carbocycles. The van der Waals surface area contributed by atoms with Crippen LogP contribution in [0.25, 0.3) is 0 Å². The van der Waals surface area contributed by atoms with E-state index in [1.807, 2.05) is 24.3 Å². The Kier molecular flexibility index (Phi) is 3.09. The fourth-order valence-electron chi connectivity index (χ4n) is 2.57. The first-order chi connectivity index (χ1) is 9.39. The Morgan fingerprint density at radius 1 is 0.700 bits per heavy atom. The molecule has 0 radical (unpaired) electrons. The van der Waals surface area contributed by atoms with Crippen LogP contribution in [0.1, 0.15) is 31.8 Å². The minimum atomic E-state index is -2.24. The van der Waals surface area contributed by atoms with E-state index in [4.69, 9.17) is 0 Å². The topological polar surface area (TPSA) is 34.1 Å². The minimum absolute atomic E-state index is 0.0208. The molecule has 0 aliphatic heterocycles. The van der Waals surface area contributed by atoms with Gasteiger partial charge in [-0.3, -0.25) is 0 Å². The maximum atomic E-state index is 12.6. The van der Waals surface area contributed by atoms with Gasteiger partial charge in [0.05, 0.1) is 0 Å². The van der Waals surface area contributed by atoms with Crippen molar-refractivity contribution >= 4 is 33.5 Å². The molecule has 3 rings (SSSR count). The van der Waals surface area contributed by atoms with Crippen molar-refractivity contribution in [2.24, 2.45) is 0 Å². The van der Waals surface area contributed by atoms with E-state index in [1.165, 1.54) is 3.58 Å². The molecule has 1 aliphatic carbocycles. The van der Waals surface area contributed by atoms with E-state index >= 15 is 0 Å². The van der Waals surface area contributed by atoms with Crippen molar-refractivity contribution in [2.75, 3.05) is 0 Å². The van der Waals surface area contributed by atoms with Crippen LogP contribution in [0.4, 0.5) is 0 Å². The molecule has 0 fully saturated rings. The second kappa shape index (κ2) is 4.55. The summed E-state index contributed by atoms with van der Waals surface area (Å²) in [6, 6.07) is 12.9. The molecule has 0 N–H and O–H groups in total. The second-order valence-electron chi connectivity index (χ2n) is 6.21. The molecule has 1 aliphatic rings. The van der Waals surface area contributed by atoms with Gasteiger partial charge in [0.15, 0.2) is 0 Å². The molecule has 0 unspecified atom stereocenters. The number of benzene rings is 2. The zero-order chi connectivity index (χ0) is 14.5. The first-order valence-electron chi connectivity index (χ1n) is 6.72. The number of fused-ring (bicyclic) bond motifs is 2. The van der Waals surface area contributed by atoms with Crippen molar-refractivity contribution in [1.82, 2.24) is 0 Å². The summed E-state index contributed by atoms with van der Waals surface area (Å²) >= 11 is -2.24. The summed E-state index contributed by atoms with van der Waals surface area (Å²) in [5, 5.41) is 0.